The van der Waals surface area contributed by atoms with Crippen molar-refractivity contribution in [3.8, 4) is 0 Å². The lowest BCUT2D eigenvalue weighted by molar-refractivity contribution is -0.0276. The molecule has 2 aromatic rings. The third kappa shape index (κ3) is 3.41. The molecule has 0 radical (unpaired) electrons. The Morgan fingerprint density at radius 3 is 2.62 bits per heavy atom. The molecule has 1 aromatic carbocycles. The highest BCUT2D eigenvalue weighted by Gasteiger charge is 2.41. The van der Waals surface area contributed by atoms with E-state index in [1.165, 1.54) is 56.0 Å². The van der Waals surface area contributed by atoms with Gasteiger partial charge < -0.3 is 4.74 Å². The summed E-state index contributed by atoms with van der Waals surface area (Å²) in [5.41, 5.74) is 1.26. The van der Waals surface area contributed by atoms with Crippen LogP contribution in [-0.2, 0) is 11.3 Å². The van der Waals surface area contributed by atoms with E-state index in [0.29, 0.717) is 12.0 Å². The van der Waals surface area contributed by atoms with Gasteiger partial charge in [0, 0.05) is 37.2 Å². The molecule has 4 heteroatoms. The van der Waals surface area contributed by atoms with Crippen molar-refractivity contribution < 1.29 is 4.74 Å². The van der Waals surface area contributed by atoms with Gasteiger partial charge in [0.1, 0.15) is 0 Å². The fourth-order valence-electron chi connectivity index (χ4n) is 5.10. The minimum atomic E-state index is 0.523. The molecule has 3 heterocycles. The van der Waals surface area contributed by atoms with E-state index in [9.17, 15) is 0 Å². The molecule has 0 N–H and O–H groups in total. The molecule has 5 rings (SSSR count). The van der Waals surface area contributed by atoms with Crippen LogP contribution in [0.15, 0.2) is 30.5 Å². The number of ether oxygens (including phenoxy) is 1. The van der Waals surface area contributed by atoms with Gasteiger partial charge in [-0.05, 0) is 56.4 Å². The van der Waals surface area contributed by atoms with Gasteiger partial charge in [0.2, 0.25) is 0 Å². The Hall–Kier alpha value is -1.39. The molecule has 3 atom stereocenters. The van der Waals surface area contributed by atoms with Crippen LogP contribution in [0.4, 0.5) is 0 Å². The highest BCUT2D eigenvalue weighted by molar-refractivity contribution is 5.78. The molecule has 3 fully saturated rings. The Labute approximate surface area is 156 Å². The van der Waals surface area contributed by atoms with Crippen molar-refractivity contribution in [1.82, 2.24) is 14.7 Å². The summed E-state index contributed by atoms with van der Waals surface area (Å²) in [6.45, 7) is 5.60. The standard InChI is InChI=1S/C22H31N3O/c1-16(14-25-22-5-3-2-4-18(22)12-23-25)13-24-19-8-9-20(24)11-21(10-19)26-15-17-6-7-17/h2-5,12,16-17,19-21H,6-11,13-15H2,1H3/t16-,19+,20+/m1/s1. The van der Waals surface area contributed by atoms with E-state index >= 15 is 0 Å². The van der Waals surface area contributed by atoms with E-state index < -0.39 is 0 Å². The van der Waals surface area contributed by atoms with Crippen LogP contribution in [0.3, 0.4) is 0 Å². The average molecular weight is 354 g/mol. The van der Waals surface area contributed by atoms with E-state index in [-0.39, 0.29) is 0 Å². The van der Waals surface area contributed by atoms with Crippen LogP contribution in [0, 0.1) is 11.8 Å². The molecule has 0 amide bonds. The number of aromatic nitrogens is 2. The second-order valence-corrected chi connectivity index (χ2v) is 8.94. The maximum Gasteiger partial charge on any atom is 0.0682 e. The van der Waals surface area contributed by atoms with Crippen LogP contribution < -0.4 is 0 Å². The summed E-state index contributed by atoms with van der Waals surface area (Å²) < 4.78 is 8.42. The van der Waals surface area contributed by atoms with Crippen molar-refractivity contribution in [2.45, 2.75) is 70.2 Å². The lowest BCUT2D eigenvalue weighted by atomic mass is 9.98. The Kier molecular flexibility index (Phi) is 4.49. The summed E-state index contributed by atoms with van der Waals surface area (Å²) in [7, 11) is 0. The van der Waals surface area contributed by atoms with E-state index in [4.69, 9.17) is 4.74 Å². The summed E-state index contributed by atoms with van der Waals surface area (Å²) in [6, 6.07) is 10.0. The predicted octanol–water partition coefficient (Wildman–Crippen LogP) is 4.09. The number of piperidine rings is 1. The minimum absolute atomic E-state index is 0.523. The Morgan fingerprint density at radius 1 is 1.08 bits per heavy atom. The first kappa shape index (κ1) is 16.8. The molecule has 26 heavy (non-hydrogen) atoms. The van der Waals surface area contributed by atoms with E-state index in [0.717, 1.165) is 31.2 Å². The zero-order valence-electron chi connectivity index (χ0n) is 15.9. The third-order valence-corrected chi connectivity index (χ3v) is 6.66. The van der Waals surface area contributed by atoms with Gasteiger partial charge in [-0.2, -0.15) is 5.10 Å². The molecule has 0 spiro atoms. The average Bonchev–Trinajstić information content (AvgIpc) is 3.36. The monoisotopic (exact) mass is 353 g/mol. The zero-order chi connectivity index (χ0) is 17.5. The second kappa shape index (κ2) is 6.97. The fraction of sp³-hybridized carbons (Fsp3) is 0.682. The molecule has 2 bridgehead atoms. The van der Waals surface area contributed by atoms with Crippen molar-refractivity contribution in [3.05, 3.63) is 30.5 Å². The summed E-state index contributed by atoms with van der Waals surface area (Å²) in [5, 5.41) is 5.86. The Morgan fingerprint density at radius 2 is 1.85 bits per heavy atom. The largest absolute Gasteiger partial charge is 0.378 e. The first-order valence-electron chi connectivity index (χ1n) is 10.5. The Bertz CT molecular complexity index is 739. The SMILES string of the molecule is C[C@H](CN1[C@H]2CC[C@H]1CC(OCC1CC1)C2)Cn1ncc2ccccc21. The molecular formula is C22H31N3O. The maximum atomic E-state index is 6.23. The second-order valence-electron chi connectivity index (χ2n) is 8.94. The third-order valence-electron chi connectivity index (χ3n) is 6.66. The van der Waals surface area contributed by atoms with Gasteiger partial charge in [-0.25, -0.2) is 0 Å². The molecule has 2 aliphatic heterocycles. The lowest BCUT2D eigenvalue weighted by Crippen LogP contribution is -2.47. The quantitative estimate of drug-likeness (QED) is 0.751. The van der Waals surface area contributed by atoms with E-state index in [2.05, 4.69) is 45.9 Å². The summed E-state index contributed by atoms with van der Waals surface area (Å²) in [4.78, 5) is 2.80. The van der Waals surface area contributed by atoms with Crippen molar-refractivity contribution in [2.75, 3.05) is 13.2 Å². The highest BCUT2D eigenvalue weighted by atomic mass is 16.5. The van der Waals surface area contributed by atoms with Gasteiger partial charge >= 0.3 is 0 Å². The number of hydrogen-bond donors (Lipinski definition) is 0. The number of rotatable bonds is 7. The highest BCUT2D eigenvalue weighted by Crippen LogP contribution is 2.38. The number of benzene rings is 1. The molecule has 1 aliphatic carbocycles. The first-order chi connectivity index (χ1) is 12.8. The molecular weight excluding hydrogens is 322 g/mol. The van der Waals surface area contributed by atoms with Crippen LogP contribution >= 0.6 is 0 Å². The van der Waals surface area contributed by atoms with Gasteiger partial charge in [-0.3, -0.25) is 9.58 Å². The zero-order valence-corrected chi connectivity index (χ0v) is 15.9. The van der Waals surface area contributed by atoms with Crippen molar-refractivity contribution in [1.29, 1.82) is 0 Å². The van der Waals surface area contributed by atoms with Crippen LogP contribution in [0.1, 0.15) is 45.4 Å². The first-order valence-corrected chi connectivity index (χ1v) is 10.5. The van der Waals surface area contributed by atoms with Gasteiger partial charge in [-0.1, -0.05) is 25.1 Å². The van der Waals surface area contributed by atoms with E-state index in [1.54, 1.807) is 0 Å². The molecule has 0 unspecified atom stereocenters. The van der Waals surface area contributed by atoms with Crippen LogP contribution in [-0.4, -0.2) is 46.0 Å². The normalized spacial score (nSPS) is 30.1. The van der Waals surface area contributed by atoms with Crippen molar-refractivity contribution in [3.63, 3.8) is 0 Å². The topological polar surface area (TPSA) is 30.3 Å². The van der Waals surface area contributed by atoms with Gasteiger partial charge in [0.15, 0.2) is 0 Å². The molecule has 1 saturated carbocycles. The van der Waals surface area contributed by atoms with Crippen LogP contribution in [0.25, 0.3) is 10.9 Å². The van der Waals surface area contributed by atoms with Crippen LogP contribution in [0.5, 0.6) is 0 Å². The summed E-state index contributed by atoms with van der Waals surface area (Å²) >= 11 is 0. The van der Waals surface area contributed by atoms with Gasteiger partial charge in [0.25, 0.3) is 0 Å². The van der Waals surface area contributed by atoms with E-state index in [1.807, 2.05) is 6.20 Å². The lowest BCUT2D eigenvalue weighted by Gasteiger charge is -2.40. The summed E-state index contributed by atoms with van der Waals surface area (Å²) in [5.74, 6) is 1.50. The predicted molar refractivity (Wildman–Crippen MR) is 104 cm³/mol. The fourth-order valence-corrected chi connectivity index (χ4v) is 5.10. The van der Waals surface area contributed by atoms with Crippen LogP contribution in [0.2, 0.25) is 0 Å². The summed E-state index contributed by atoms with van der Waals surface area (Å²) in [6.07, 6.45) is 10.5. The minimum Gasteiger partial charge on any atom is -0.378 e. The Balaban J connectivity index is 1.18. The van der Waals surface area contributed by atoms with Gasteiger partial charge in [0.05, 0.1) is 17.8 Å². The molecule has 2 saturated heterocycles. The molecule has 4 nitrogen and oxygen atoms in total. The molecule has 1 aromatic heterocycles. The number of fused-ring (bicyclic) bond motifs is 3. The van der Waals surface area contributed by atoms with Crippen molar-refractivity contribution in [2.24, 2.45) is 11.8 Å². The van der Waals surface area contributed by atoms with Crippen molar-refractivity contribution >= 4 is 10.9 Å². The maximum absolute atomic E-state index is 6.23. The smallest absolute Gasteiger partial charge is 0.0682 e. The molecule has 3 aliphatic rings. The number of para-hydroxylation sites is 1. The molecule has 140 valence electrons. The number of hydrogen-bond acceptors (Lipinski definition) is 3. The van der Waals surface area contributed by atoms with Gasteiger partial charge in [-0.15, -0.1) is 0 Å². The number of nitrogens with zero attached hydrogens (tertiary/aromatic N) is 3.